The lowest BCUT2D eigenvalue weighted by Crippen LogP contribution is -2.08. The lowest BCUT2D eigenvalue weighted by molar-refractivity contribution is -0.150. The van der Waals surface area contributed by atoms with E-state index in [1.54, 1.807) is 38.5 Å². The van der Waals surface area contributed by atoms with E-state index in [2.05, 4.69) is 4.74 Å². The van der Waals surface area contributed by atoms with E-state index in [1.165, 1.54) is 6.08 Å². The van der Waals surface area contributed by atoms with Crippen molar-refractivity contribution < 1.29 is 24.1 Å². The summed E-state index contributed by atoms with van der Waals surface area (Å²) in [6.45, 7) is 0. The van der Waals surface area contributed by atoms with Crippen LogP contribution in [0.1, 0.15) is 5.56 Å². The second kappa shape index (κ2) is 5.58. The van der Waals surface area contributed by atoms with E-state index in [-0.39, 0.29) is 0 Å². The Hall–Kier alpha value is -2.27. The number of aliphatic hydroxyl groups is 1. The molecule has 0 fully saturated rings. The van der Waals surface area contributed by atoms with Crippen LogP contribution in [0.15, 0.2) is 35.9 Å². The van der Waals surface area contributed by atoms with Crippen LogP contribution in [0, 0.1) is 0 Å². The summed E-state index contributed by atoms with van der Waals surface area (Å²) in [6, 6.07) is 5.40. The maximum atomic E-state index is 10.9. The molecule has 5 heteroatoms. The molecule has 0 amide bonds. The fraction of sp³-hybridized carbons (Fsp3) is 0.214. The molecule has 1 atom stereocenters. The van der Waals surface area contributed by atoms with E-state index in [1.807, 2.05) is 6.07 Å². The lowest BCUT2D eigenvalue weighted by atomic mass is 10.1. The average Bonchev–Trinajstić information content (AvgIpc) is 2.74. The second-order valence-electron chi connectivity index (χ2n) is 3.88. The van der Waals surface area contributed by atoms with Crippen LogP contribution in [0.2, 0.25) is 0 Å². The number of esters is 1. The third kappa shape index (κ3) is 2.95. The zero-order chi connectivity index (χ0) is 13.8. The number of hydrogen-bond acceptors (Lipinski definition) is 5. The summed E-state index contributed by atoms with van der Waals surface area (Å²) < 4.78 is 14.9. The molecule has 0 saturated carbocycles. The van der Waals surface area contributed by atoms with E-state index in [0.717, 1.165) is 5.56 Å². The Morgan fingerprint density at radius 1 is 1.21 bits per heavy atom. The molecule has 100 valence electrons. The van der Waals surface area contributed by atoms with Gasteiger partial charge in [-0.25, -0.2) is 4.79 Å². The van der Waals surface area contributed by atoms with Crippen LogP contribution >= 0.6 is 0 Å². The number of carbonyl (C=O) groups excluding carboxylic acids is 1. The Bertz CT molecular complexity index is 545. The first-order chi connectivity index (χ1) is 9.13. The summed E-state index contributed by atoms with van der Waals surface area (Å²) in [5, 5.41) is 9.41. The number of hydrogen-bond donors (Lipinski definition) is 1. The summed E-state index contributed by atoms with van der Waals surface area (Å²) in [6.07, 6.45) is 3.43. The van der Waals surface area contributed by atoms with Gasteiger partial charge in [0.05, 0.1) is 14.2 Å². The second-order valence-corrected chi connectivity index (χ2v) is 3.88. The summed E-state index contributed by atoms with van der Waals surface area (Å²) in [5.41, 5.74) is 1.27. The van der Waals surface area contributed by atoms with Crippen LogP contribution in [-0.4, -0.2) is 31.6 Å². The van der Waals surface area contributed by atoms with Crippen molar-refractivity contribution in [3.05, 3.63) is 41.5 Å². The van der Waals surface area contributed by atoms with Gasteiger partial charge in [0.25, 0.3) is 0 Å². The van der Waals surface area contributed by atoms with Crippen molar-refractivity contribution in [2.45, 2.75) is 6.29 Å². The zero-order valence-electron chi connectivity index (χ0n) is 10.6. The molecule has 5 nitrogen and oxygen atoms in total. The summed E-state index contributed by atoms with van der Waals surface area (Å²) in [7, 11) is 3.12. The molecule has 0 radical (unpaired) electrons. The minimum Gasteiger partial charge on any atom is -0.493 e. The van der Waals surface area contributed by atoms with Crippen molar-refractivity contribution in [3.8, 4) is 11.5 Å². The minimum absolute atomic E-state index is 0.416. The highest BCUT2D eigenvalue weighted by Crippen LogP contribution is 2.28. The molecule has 0 bridgehead atoms. The standard InChI is InChI=1S/C14H14O5/c1-17-11-6-4-9(7-12(11)18-2)3-5-10-8-13(15)19-14(10)16/h3-8,14,16H,1-2H3/b5-3+. The SMILES string of the molecule is COc1ccc(/C=C/C2=CC(=O)OC2O)cc1OC. The van der Waals surface area contributed by atoms with Crippen molar-refractivity contribution in [1.29, 1.82) is 0 Å². The van der Waals surface area contributed by atoms with Gasteiger partial charge >= 0.3 is 5.97 Å². The molecule has 1 aromatic rings. The summed E-state index contributed by atoms with van der Waals surface area (Å²) in [5.74, 6) is 0.704. The van der Waals surface area contributed by atoms with Crippen molar-refractivity contribution >= 4 is 12.0 Å². The van der Waals surface area contributed by atoms with Gasteiger partial charge in [0.1, 0.15) is 0 Å². The Kier molecular flexibility index (Phi) is 3.87. The fourth-order valence-electron chi connectivity index (χ4n) is 1.70. The van der Waals surface area contributed by atoms with Gasteiger partial charge < -0.3 is 19.3 Å². The van der Waals surface area contributed by atoms with Crippen LogP contribution in [0.3, 0.4) is 0 Å². The molecule has 1 aromatic carbocycles. The number of aliphatic hydroxyl groups excluding tert-OH is 1. The first kappa shape index (κ1) is 13.2. The molecule has 1 aliphatic heterocycles. The molecule has 1 heterocycles. The molecule has 1 aliphatic rings. The van der Waals surface area contributed by atoms with Gasteiger partial charge in [-0.2, -0.15) is 0 Å². The molecule has 1 unspecified atom stereocenters. The molecule has 0 spiro atoms. The lowest BCUT2D eigenvalue weighted by Gasteiger charge is -2.07. The number of cyclic esters (lactones) is 1. The maximum Gasteiger partial charge on any atom is 0.333 e. The first-order valence-electron chi connectivity index (χ1n) is 5.64. The Labute approximate surface area is 110 Å². The number of rotatable bonds is 4. The van der Waals surface area contributed by atoms with Gasteiger partial charge in [-0.1, -0.05) is 18.2 Å². The van der Waals surface area contributed by atoms with Gasteiger partial charge in [0.2, 0.25) is 6.29 Å². The predicted molar refractivity (Wildman–Crippen MR) is 68.8 cm³/mol. The molecule has 19 heavy (non-hydrogen) atoms. The van der Waals surface area contributed by atoms with E-state index in [9.17, 15) is 9.90 Å². The van der Waals surface area contributed by atoms with Crippen LogP contribution in [-0.2, 0) is 9.53 Å². The molecule has 0 saturated heterocycles. The number of methoxy groups -OCH3 is 2. The third-order valence-corrected chi connectivity index (χ3v) is 2.67. The molecular weight excluding hydrogens is 248 g/mol. The highest BCUT2D eigenvalue weighted by molar-refractivity contribution is 5.86. The van der Waals surface area contributed by atoms with E-state index in [0.29, 0.717) is 17.1 Å². The largest absolute Gasteiger partial charge is 0.493 e. The van der Waals surface area contributed by atoms with Crippen LogP contribution in [0.5, 0.6) is 11.5 Å². The zero-order valence-corrected chi connectivity index (χ0v) is 10.6. The van der Waals surface area contributed by atoms with Gasteiger partial charge in [-0.15, -0.1) is 0 Å². The predicted octanol–water partition coefficient (Wildman–Crippen LogP) is 1.52. The molecule has 0 aromatic heterocycles. The van der Waals surface area contributed by atoms with Crippen molar-refractivity contribution in [1.82, 2.24) is 0 Å². The van der Waals surface area contributed by atoms with Crippen LogP contribution in [0.4, 0.5) is 0 Å². The maximum absolute atomic E-state index is 10.9. The first-order valence-corrected chi connectivity index (χ1v) is 5.64. The Morgan fingerprint density at radius 3 is 2.53 bits per heavy atom. The smallest absolute Gasteiger partial charge is 0.333 e. The van der Waals surface area contributed by atoms with E-state index in [4.69, 9.17) is 9.47 Å². The fourth-order valence-corrected chi connectivity index (χ4v) is 1.70. The van der Waals surface area contributed by atoms with Crippen molar-refractivity contribution in [3.63, 3.8) is 0 Å². The molecular formula is C14H14O5. The van der Waals surface area contributed by atoms with Crippen molar-refractivity contribution in [2.24, 2.45) is 0 Å². The van der Waals surface area contributed by atoms with Crippen LogP contribution in [0.25, 0.3) is 6.08 Å². The van der Waals surface area contributed by atoms with E-state index < -0.39 is 12.3 Å². The van der Waals surface area contributed by atoms with Gasteiger partial charge in [-0.05, 0) is 17.7 Å². The van der Waals surface area contributed by atoms with E-state index >= 15 is 0 Å². The number of carbonyl (C=O) groups is 1. The van der Waals surface area contributed by atoms with Crippen LogP contribution < -0.4 is 9.47 Å². The Morgan fingerprint density at radius 2 is 1.95 bits per heavy atom. The van der Waals surface area contributed by atoms with Gasteiger partial charge in [0, 0.05) is 11.6 Å². The minimum atomic E-state index is -1.19. The molecule has 0 aliphatic carbocycles. The summed E-state index contributed by atoms with van der Waals surface area (Å²) >= 11 is 0. The molecule has 2 rings (SSSR count). The molecule has 1 N–H and O–H groups in total. The van der Waals surface area contributed by atoms with Crippen molar-refractivity contribution in [2.75, 3.05) is 14.2 Å². The van der Waals surface area contributed by atoms with Gasteiger partial charge in [0.15, 0.2) is 11.5 Å². The summed E-state index contributed by atoms with van der Waals surface area (Å²) in [4.78, 5) is 10.9. The average molecular weight is 262 g/mol. The Balaban J connectivity index is 2.20. The monoisotopic (exact) mass is 262 g/mol. The quantitative estimate of drug-likeness (QED) is 0.833. The highest BCUT2D eigenvalue weighted by Gasteiger charge is 2.21. The topological polar surface area (TPSA) is 65.0 Å². The number of benzene rings is 1. The normalized spacial score (nSPS) is 18.4. The number of ether oxygens (including phenoxy) is 3. The highest BCUT2D eigenvalue weighted by atomic mass is 16.6. The van der Waals surface area contributed by atoms with Gasteiger partial charge in [-0.3, -0.25) is 0 Å². The third-order valence-electron chi connectivity index (χ3n) is 2.67.